The van der Waals surface area contributed by atoms with Crippen molar-refractivity contribution in [1.82, 2.24) is 15.1 Å². The van der Waals surface area contributed by atoms with E-state index in [0.717, 1.165) is 49.0 Å². The van der Waals surface area contributed by atoms with E-state index in [1.165, 1.54) is 24.0 Å². The van der Waals surface area contributed by atoms with Crippen LogP contribution in [0.2, 0.25) is 0 Å². The van der Waals surface area contributed by atoms with E-state index >= 15 is 0 Å². The summed E-state index contributed by atoms with van der Waals surface area (Å²) in [5.74, 6) is 0.561. The Morgan fingerprint density at radius 1 is 0.889 bits per heavy atom. The third-order valence-corrected chi connectivity index (χ3v) is 7.58. The molecular weight excluding hydrogens is 450 g/mol. The van der Waals surface area contributed by atoms with E-state index in [-0.39, 0.29) is 17.7 Å². The standard InChI is InChI=1S/C30H35N3O3/c1-36-28-15-14-27(25-12-4-5-13-26(25)28)30(35)33-18-8-11-24(21-33)29(34)31-19-22-9-2-3-10-23(22)20-32-16-6-7-17-32/h2-5,9-10,12-15,24H,6-8,11,16-21H2,1H3,(H,31,34). The molecule has 2 amide bonds. The molecule has 0 bridgehead atoms. The molecule has 0 aliphatic carbocycles. The number of ether oxygens (including phenoxy) is 1. The zero-order valence-corrected chi connectivity index (χ0v) is 21.0. The number of carbonyl (C=O) groups excluding carboxylic acids is 2. The molecule has 3 aromatic carbocycles. The first-order valence-corrected chi connectivity index (χ1v) is 13.1. The van der Waals surface area contributed by atoms with Crippen molar-refractivity contribution >= 4 is 22.6 Å². The van der Waals surface area contributed by atoms with Gasteiger partial charge in [-0.2, -0.15) is 0 Å². The Morgan fingerprint density at radius 2 is 1.61 bits per heavy atom. The number of rotatable bonds is 7. The summed E-state index contributed by atoms with van der Waals surface area (Å²) in [6.45, 7) is 4.87. The highest BCUT2D eigenvalue weighted by Crippen LogP contribution is 2.30. The molecule has 1 unspecified atom stereocenters. The lowest BCUT2D eigenvalue weighted by Crippen LogP contribution is -2.45. The lowest BCUT2D eigenvalue weighted by molar-refractivity contribution is -0.126. The summed E-state index contributed by atoms with van der Waals surface area (Å²) >= 11 is 0. The first-order chi connectivity index (χ1) is 17.6. The number of likely N-dealkylation sites (tertiary alicyclic amines) is 2. The van der Waals surface area contributed by atoms with E-state index in [9.17, 15) is 9.59 Å². The summed E-state index contributed by atoms with van der Waals surface area (Å²) in [6, 6.07) is 19.9. The predicted octanol–water partition coefficient (Wildman–Crippen LogP) is 4.61. The molecule has 5 rings (SSSR count). The van der Waals surface area contributed by atoms with Crippen LogP contribution in [0.15, 0.2) is 60.7 Å². The van der Waals surface area contributed by atoms with Gasteiger partial charge in [0.15, 0.2) is 0 Å². The number of fused-ring (bicyclic) bond motifs is 1. The molecule has 0 aromatic heterocycles. The summed E-state index contributed by atoms with van der Waals surface area (Å²) < 4.78 is 5.48. The summed E-state index contributed by atoms with van der Waals surface area (Å²) in [7, 11) is 1.64. The van der Waals surface area contributed by atoms with Gasteiger partial charge in [0.05, 0.1) is 13.0 Å². The average molecular weight is 486 g/mol. The molecule has 2 aliphatic rings. The van der Waals surface area contributed by atoms with Crippen molar-refractivity contribution in [2.24, 2.45) is 5.92 Å². The van der Waals surface area contributed by atoms with Crippen LogP contribution in [0.5, 0.6) is 5.75 Å². The Morgan fingerprint density at radius 3 is 2.39 bits per heavy atom. The molecule has 2 heterocycles. The van der Waals surface area contributed by atoms with Gasteiger partial charge in [0, 0.05) is 37.1 Å². The van der Waals surface area contributed by atoms with E-state index in [4.69, 9.17) is 4.74 Å². The summed E-state index contributed by atoms with van der Waals surface area (Å²) in [6.07, 6.45) is 4.15. The average Bonchev–Trinajstić information content (AvgIpc) is 3.44. The van der Waals surface area contributed by atoms with Gasteiger partial charge < -0.3 is 15.0 Å². The Bertz CT molecular complexity index is 1240. The monoisotopic (exact) mass is 485 g/mol. The Kier molecular flexibility index (Phi) is 7.52. The van der Waals surface area contributed by atoms with Gasteiger partial charge in [-0.05, 0) is 67.4 Å². The quantitative estimate of drug-likeness (QED) is 0.531. The Balaban J connectivity index is 1.24. The molecule has 0 spiro atoms. The molecule has 1 N–H and O–H groups in total. The fraction of sp³-hybridized carbons (Fsp3) is 0.400. The van der Waals surface area contributed by atoms with Crippen LogP contribution in [0.4, 0.5) is 0 Å². The van der Waals surface area contributed by atoms with Crippen LogP contribution in [0.3, 0.4) is 0 Å². The molecule has 36 heavy (non-hydrogen) atoms. The van der Waals surface area contributed by atoms with Crippen molar-refractivity contribution in [3.8, 4) is 5.75 Å². The molecule has 6 nitrogen and oxygen atoms in total. The van der Waals surface area contributed by atoms with Crippen molar-refractivity contribution in [2.75, 3.05) is 33.3 Å². The molecule has 2 saturated heterocycles. The number of hydrogen-bond acceptors (Lipinski definition) is 4. The van der Waals surface area contributed by atoms with Gasteiger partial charge in [0.2, 0.25) is 5.91 Å². The number of amides is 2. The zero-order chi connectivity index (χ0) is 24.9. The topological polar surface area (TPSA) is 61.9 Å². The molecule has 0 saturated carbocycles. The van der Waals surface area contributed by atoms with Crippen LogP contribution in [0.1, 0.15) is 47.2 Å². The first-order valence-electron chi connectivity index (χ1n) is 13.1. The molecule has 2 fully saturated rings. The van der Waals surface area contributed by atoms with E-state index in [1.54, 1.807) is 7.11 Å². The number of nitrogens with zero attached hydrogens (tertiary/aromatic N) is 2. The summed E-state index contributed by atoms with van der Waals surface area (Å²) in [5.41, 5.74) is 3.11. The molecule has 1 atom stereocenters. The van der Waals surface area contributed by atoms with Gasteiger partial charge in [-0.25, -0.2) is 0 Å². The van der Waals surface area contributed by atoms with Gasteiger partial charge in [0.1, 0.15) is 5.75 Å². The number of carbonyl (C=O) groups is 2. The van der Waals surface area contributed by atoms with Crippen molar-refractivity contribution in [1.29, 1.82) is 0 Å². The maximum absolute atomic E-state index is 13.5. The smallest absolute Gasteiger partial charge is 0.254 e. The fourth-order valence-electron chi connectivity index (χ4n) is 5.57. The first kappa shape index (κ1) is 24.3. The maximum atomic E-state index is 13.5. The van der Waals surface area contributed by atoms with Crippen LogP contribution in [0.25, 0.3) is 10.8 Å². The van der Waals surface area contributed by atoms with E-state index in [0.29, 0.717) is 25.2 Å². The van der Waals surface area contributed by atoms with E-state index in [2.05, 4.69) is 28.4 Å². The SMILES string of the molecule is COc1ccc(C(=O)N2CCCC(C(=O)NCc3ccccc3CN3CCCC3)C2)c2ccccc12. The highest BCUT2D eigenvalue weighted by molar-refractivity contribution is 6.08. The second-order valence-electron chi connectivity index (χ2n) is 9.92. The fourth-order valence-corrected chi connectivity index (χ4v) is 5.57. The number of hydrogen-bond donors (Lipinski definition) is 1. The van der Waals surface area contributed by atoms with Crippen molar-refractivity contribution in [2.45, 2.75) is 38.8 Å². The predicted molar refractivity (Wildman–Crippen MR) is 142 cm³/mol. The lowest BCUT2D eigenvalue weighted by Gasteiger charge is -2.32. The van der Waals surface area contributed by atoms with Gasteiger partial charge in [-0.3, -0.25) is 14.5 Å². The highest BCUT2D eigenvalue weighted by Gasteiger charge is 2.30. The number of methoxy groups -OCH3 is 1. The van der Waals surface area contributed by atoms with E-state index in [1.807, 2.05) is 47.4 Å². The minimum atomic E-state index is -0.196. The van der Waals surface area contributed by atoms with Gasteiger partial charge in [-0.1, -0.05) is 48.5 Å². The second kappa shape index (κ2) is 11.1. The Labute approximate surface area is 213 Å². The van der Waals surface area contributed by atoms with Gasteiger partial charge in [0.25, 0.3) is 5.91 Å². The van der Waals surface area contributed by atoms with Crippen molar-refractivity contribution in [3.05, 3.63) is 77.4 Å². The van der Waals surface area contributed by atoms with Gasteiger partial charge in [-0.15, -0.1) is 0 Å². The molecule has 188 valence electrons. The molecule has 3 aromatic rings. The number of nitrogens with one attached hydrogen (secondary N) is 1. The van der Waals surface area contributed by atoms with Crippen LogP contribution in [-0.2, 0) is 17.9 Å². The normalized spacial score (nSPS) is 18.4. The largest absolute Gasteiger partial charge is 0.496 e. The third kappa shape index (κ3) is 5.24. The third-order valence-electron chi connectivity index (χ3n) is 7.58. The van der Waals surface area contributed by atoms with Crippen LogP contribution >= 0.6 is 0 Å². The van der Waals surface area contributed by atoms with Crippen LogP contribution in [0, 0.1) is 5.92 Å². The zero-order valence-electron chi connectivity index (χ0n) is 21.0. The molecular formula is C30H35N3O3. The molecule has 2 aliphatic heterocycles. The maximum Gasteiger partial charge on any atom is 0.254 e. The van der Waals surface area contributed by atoms with Crippen LogP contribution in [-0.4, -0.2) is 54.9 Å². The second-order valence-corrected chi connectivity index (χ2v) is 9.92. The number of piperidine rings is 1. The number of benzene rings is 3. The molecule has 0 radical (unpaired) electrons. The molecule has 6 heteroatoms. The minimum Gasteiger partial charge on any atom is -0.496 e. The summed E-state index contributed by atoms with van der Waals surface area (Å²) in [5, 5.41) is 4.96. The van der Waals surface area contributed by atoms with Crippen molar-refractivity contribution < 1.29 is 14.3 Å². The summed E-state index contributed by atoms with van der Waals surface area (Å²) in [4.78, 5) is 31.0. The van der Waals surface area contributed by atoms with Gasteiger partial charge >= 0.3 is 0 Å². The van der Waals surface area contributed by atoms with E-state index < -0.39 is 0 Å². The van der Waals surface area contributed by atoms with Crippen LogP contribution < -0.4 is 10.1 Å². The minimum absolute atomic E-state index is 0.0256. The lowest BCUT2D eigenvalue weighted by atomic mass is 9.95. The van der Waals surface area contributed by atoms with Crippen molar-refractivity contribution in [3.63, 3.8) is 0 Å². The highest BCUT2D eigenvalue weighted by atomic mass is 16.5. The Hall–Kier alpha value is -3.38.